The largest absolute Gasteiger partial charge is 0.496 e. The summed E-state index contributed by atoms with van der Waals surface area (Å²) in [5, 5.41) is 6.74. The van der Waals surface area contributed by atoms with E-state index in [1.165, 1.54) is 6.07 Å². The van der Waals surface area contributed by atoms with Crippen molar-refractivity contribution in [1.82, 2.24) is 15.6 Å². The molecule has 0 saturated carbocycles. The molecule has 1 unspecified atom stereocenters. The number of rotatable bonds is 5. The molecule has 2 N–H and O–H groups in total. The first-order valence-electron chi connectivity index (χ1n) is 9.07. The van der Waals surface area contributed by atoms with Gasteiger partial charge in [-0.3, -0.25) is 4.99 Å². The normalized spacial score (nSPS) is 16.5. The van der Waals surface area contributed by atoms with Crippen molar-refractivity contribution in [1.29, 1.82) is 0 Å². The van der Waals surface area contributed by atoms with Crippen LogP contribution in [0.25, 0.3) is 0 Å². The Morgan fingerprint density at radius 2 is 2.21 bits per heavy atom. The van der Waals surface area contributed by atoms with Gasteiger partial charge in [0.15, 0.2) is 17.6 Å². The zero-order valence-corrected chi connectivity index (χ0v) is 18.7. The van der Waals surface area contributed by atoms with E-state index in [4.69, 9.17) is 4.74 Å². The van der Waals surface area contributed by atoms with E-state index in [1.54, 1.807) is 26.4 Å². The van der Waals surface area contributed by atoms with Gasteiger partial charge < -0.3 is 20.3 Å². The molecular weight excluding hydrogens is 472 g/mol. The van der Waals surface area contributed by atoms with Crippen LogP contribution in [-0.2, 0) is 6.54 Å². The van der Waals surface area contributed by atoms with Crippen molar-refractivity contribution in [3.05, 3.63) is 53.5 Å². The van der Waals surface area contributed by atoms with Crippen molar-refractivity contribution < 1.29 is 9.13 Å². The van der Waals surface area contributed by atoms with E-state index in [0.717, 1.165) is 35.8 Å². The van der Waals surface area contributed by atoms with Gasteiger partial charge in [0, 0.05) is 38.9 Å². The maximum absolute atomic E-state index is 13.9. The van der Waals surface area contributed by atoms with Gasteiger partial charge in [-0.05, 0) is 42.7 Å². The van der Waals surface area contributed by atoms with Gasteiger partial charge >= 0.3 is 0 Å². The molecule has 2 aromatic rings. The zero-order chi connectivity index (χ0) is 19.2. The fraction of sp³-hybridized carbons (Fsp3) is 0.400. The number of halogens is 2. The summed E-state index contributed by atoms with van der Waals surface area (Å²) in [5.74, 6) is 1.73. The Kier molecular flexibility index (Phi) is 8.28. The van der Waals surface area contributed by atoms with Gasteiger partial charge in [0.25, 0.3) is 0 Å². The lowest BCUT2D eigenvalue weighted by Crippen LogP contribution is -2.44. The molecule has 0 spiro atoms. The van der Waals surface area contributed by atoms with Crippen molar-refractivity contribution in [3.63, 3.8) is 0 Å². The topological polar surface area (TPSA) is 61.8 Å². The van der Waals surface area contributed by atoms with Crippen LogP contribution in [0.3, 0.4) is 0 Å². The first-order chi connectivity index (χ1) is 13.1. The van der Waals surface area contributed by atoms with E-state index in [9.17, 15) is 4.39 Å². The lowest BCUT2D eigenvalue weighted by Gasteiger charge is -2.20. The van der Waals surface area contributed by atoms with Gasteiger partial charge in [-0.2, -0.15) is 0 Å². The molecule has 8 heteroatoms. The summed E-state index contributed by atoms with van der Waals surface area (Å²) in [6.07, 6.45) is 2.52. The van der Waals surface area contributed by atoms with Crippen molar-refractivity contribution in [2.45, 2.75) is 25.9 Å². The Hall–Kier alpha value is -2.10. The summed E-state index contributed by atoms with van der Waals surface area (Å²) in [7, 11) is 3.42. The molecule has 6 nitrogen and oxygen atoms in total. The minimum atomic E-state index is -0.283. The minimum Gasteiger partial charge on any atom is -0.496 e. The molecule has 1 aromatic carbocycles. The number of pyridine rings is 1. The van der Waals surface area contributed by atoms with Crippen LogP contribution < -0.4 is 20.3 Å². The molecule has 28 heavy (non-hydrogen) atoms. The second-order valence-corrected chi connectivity index (χ2v) is 6.61. The van der Waals surface area contributed by atoms with Crippen LogP contribution in [0.4, 0.5) is 10.2 Å². The SMILES string of the molecule is CN=C(NCc1ccc(C)c(OC)c1)NC1CCN(c2ncccc2F)C1.I. The van der Waals surface area contributed by atoms with Gasteiger partial charge in [0.1, 0.15) is 5.75 Å². The van der Waals surface area contributed by atoms with Gasteiger partial charge in [0.2, 0.25) is 0 Å². The average molecular weight is 499 g/mol. The molecule has 1 aromatic heterocycles. The second-order valence-electron chi connectivity index (χ2n) is 6.61. The second kappa shape index (κ2) is 10.4. The predicted molar refractivity (Wildman–Crippen MR) is 121 cm³/mol. The fourth-order valence-electron chi connectivity index (χ4n) is 3.23. The number of ether oxygens (including phenoxy) is 1. The lowest BCUT2D eigenvalue weighted by molar-refractivity contribution is 0.411. The van der Waals surface area contributed by atoms with Gasteiger partial charge in [-0.25, -0.2) is 9.37 Å². The fourth-order valence-corrected chi connectivity index (χ4v) is 3.23. The monoisotopic (exact) mass is 499 g/mol. The summed E-state index contributed by atoms with van der Waals surface area (Å²) >= 11 is 0. The average Bonchev–Trinajstić information content (AvgIpc) is 3.14. The highest BCUT2D eigenvalue weighted by molar-refractivity contribution is 14.0. The molecule has 2 heterocycles. The molecule has 1 atom stereocenters. The molecule has 0 radical (unpaired) electrons. The van der Waals surface area contributed by atoms with Gasteiger partial charge in [-0.1, -0.05) is 12.1 Å². The number of guanidine groups is 1. The quantitative estimate of drug-likeness (QED) is 0.376. The lowest BCUT2D eigenvalue weighted by atomic mass is 10.1. The summed E-state index contributed by atoms with van der Waals surface area (Å²) in [6.45, 7) is 4.11. The molecule has 152 valence electrons. The highest BCUT2D eigenvalue weighted by atomic mass is 127. The minimum absolute atomic E-state index is 0. The molecule has 1 aliphatic rings. The summed E-state index contributed by atoms with van der Waals surface area (Å²) in [6, 6.07) is 9.37. The van der Waals surface area contributed by atoms with Crippen LogP contribution >= 0.6 is 24.0 Å². The number of aromatic nitrogens is 1. The number of anilines is 1. The van der Waals surface area contributed by atoms with Crippen molar-refractivity contribution in [2.24, 2.45) is 4.99 Å². The molecule has 1 saturated heterocycles. The van der Waals surface area contributed by atoms with Crippen LogP contribution in [0.1, 0.15) is 17.5 Å². The van der Waals surface area contributed by atoms with Crippen LogP contribution in [0, 0.1) is 12.7 Å². The van der Waals surface area contributed by atoms with E-state index in [2.05, 4.69) is 26.7 Å². The smallest absolute Gasteiger partial charge is 0.191 e. The van der Waals surface area contributed by atoms with Crippen LogP contribution in [0.2, 0.25) is 0 Å². The van der Waals surface area contributed by atoms with Crippen LogP contribution in [0.5, 0.6) is 5.75 Å². The molecule has 0 bridgehead atoms. The maximum Gasteiger partial charge on any atom is 0.191 e. The van der Waals surface area contributed by atoms with E-state index in [-0.39, 0.29) is 35.8 Å². The van der Waals surface area contributed by atoms with Gasteiger partial charge in [-0.15, -0.1) is 24.0 Å². The third-order valence-electron chi connectivity index (χ3n) is 4.72. The number of nitrogens with zero attached hydrogens (tertiary/aromatic N) is 3. The Labute approximate surface area is 182 Å². The Morgan fingerprint density at radius 3 is 2.93 bits per heavy atom. The number of benzene rings is 1. The number of hydrogen-bond donors (Lipinski definition) is 2. The molecule has 0 amide bonds. The number of nitrogens with one attached hydrogen (secondary N) is 2. The number of aliphatic imine (C=N–C) groups is 1. The van der Waals surface area contributed by atoms with Crippen LogP contribution in [0.15, 0.2) is 41.5 Å². The third kappa shape index (κ3) is 5.46. The molecule has 1 fully saturated rings. The molecule has 1 aliphatic heterocycles. The summed E-state index contributed by atoms with van der Waals surface area (Å²) in [4.78, 5) is 10.4. The first-order valence-corrected chi connectivity index (χ1v) is 9.07. The van der Waals surface area contributed by atoms with Gasteiger partial charge in [0.05, 0.1) is 7.11 Å². The van der Waals surface area contributed by atoms with Crippen molar-refractivity contribution in [2.75, 3.05) is 32.1 Å². The standard InChI is InChI=1S/C20H26FN5O.HI/c1-14-6-7-15(11-18(14)27-3)12-24-20(22-2)25-16-8-10-26(13-16)19-17(21)5-4-9-23-19;/h4-7,9,11,16H,8,10,12-13H2,1-3H3,(H2,22,24,25);1H. The molecule has 3 rings (SSSR count). The highest BCUT2D eigenvalue weighted by Gasteiger charge is 2.25. The first kappa shape index (κ1) is 22.2. The Morgan fingerprint density at radius 1 is 1.39 bits per heavy atom. The number of methoxy groups -OCH3 is 1. The molecular formula is C20H27FIN5O. The maximum atomic E-state index is 13.9. The van der Waals surface area contributed by atoms with Crippen molar-refractivity contribution >= 4 is 35.8 Å². The van der Waals surface area contributed by atoms with E-state index < -0.39 is 0 Å². The van der Waals surface area contributed by atoms with E-state index >= 15 is 0 Å². The number of aryl methyl sites for hydroxylation is 1. The highest BCUT2D eigenvalue weighted by Crippen LogP contribution is 2.21. The predicted octanol–water partition coefficient (Wildman–Crippen LogP) is 3.10. The summed E-state index contributed by atoms with van der Waals surface area (Å²) in [5.41, 5.74) is 2.22. The summed E-state index contributed by atoms with van der Waals surface area (Å²) < 4.78 is 19.3. The van der Waals surface area contributed by atoms with Crippen LogP contribution in [-0.4, -0.2) is 44.2 Å². The van der Waals surface area contributed by atoms with Crippen molar-refractivity contribution in [3.8, 4) is 5.75 Å². The third-order valence-corrected chi connectivity index (χ3v) is 4.72. The molecule has 0 aliphatic carbocycles. The zero-order valence-electron chi connectivity index (χ0n) is 16.4. The Balaban J connectivity index is 0.00000280. The van der Waals surface area contributed by atoms with E-state index in [1.807, 2.05) is 24.0 Å². The number of hydrogen-bond acceptors (Lipinski definition) is 4. The van der Waals surface area contributed by atoms with E-state index in [0.29, 0.717) is 18.9 Å². The Bertz CT molecular complexity index is 817.